The van der Waals surface area contributed by atoms with Crippen molar-refractivity contribution in [2.75, 3.05) is 33.4 Å². The second-order valence-corrected chi connectivity index (χ2v) is 14.4. The molecule has 12 heteroatoms. The van der Waals surface area contributed by atoms with E-state index in [2.05, 4.69) is 63.8 Å². The second-order valence-electron chi connectivity index (χ2n) is 14.4. The summed E-state index contributed by atoms with van der Waals surface area (Å²) in [5.74, 6) is 1.50. The first-order valence-corrected chi connectivity index (χ1v) is 18.2. The van der Waals surface area contributed by atoms with E-state index in [-0.39, 0.29) is 23.9 Å². The zero-order valence-corrected chi connectivity index (χ0v) is 29.9. The van der Waals surface area contributed by atoms with Crippen LogP contribution in [-0.4, -0.2) is 81.1 Å². The molecule has 3 atom stereocenters. The zero-order valence-electron chi connectivity index (χ0n) is 29.9. The second kappa shape index (κ2) is 14.3. The molecule has 3 fully saturated rings. The number of amides is 3. The van der Waals surface area contributed by atoms with Gasteiger partial charge < -0.3 is 34.6 Å². The molecule has 0 bridgehead atoms. The third kappa shape index (κ3) is 6.70. The molecule has 0 aliphatic carbocycles. The van der Waals surface area contributed by atoms with Crippen molar-refractivity contribution in [1.29, 1.82) is 0 Å². The number of nitrogens with one attached hydrogen (secondary N) is 3. The maximum Gasteiger partial charge on any atom is 0.407 e. The number of benzene rings is 3. The minimum atomic E-state index is -0.867. The summed E-state index contributed by atoms with van der Waals surface area (Å²) in [4.78, 5) is 59.4. The lowest BCUT2D eigenvalue weighted by Gasteiger charge is -2.40. The van der Waals surface area contributed by atoms with Crippen molar-refractivity contribution in [3.63, 3.8) is 0 Å². The summed E-state index contributed by atoms with van der Waals surface area (Å²) in [5, 5.41) is 2.71. The SMILES string of the molecule is COC(=O)N[C@@H](C(=O)N1CCCC1c1ncc(-c2ccc(-c3ccc(-c4cnc(C5CCCN5C(=O)C5(C)COC5)[nH]4)cc3)cc2)[nH]1)c1ccccc1. The Labute approximate surface area is 307 Å². The number of carbonyl (C=O) groups is 3. The molecule has 3 aliphatic rings. The smallest absolute Gasteiger partial charge is 0.407 e. The number of alkyl carbamates (subject to hydrolysis) is 1. The number of hydrogen-bond donors (Lipinski definition) is 3. The van der Waals surface area contributed by atoms with Crippen molar-refractivity contribution in [2.24, 2.45) is 5.41 Å². The molecule has 5 aromatic rings. The highest BCUT2D eigenvalue weighted by molar-refractivity contribution is 5.87. The zero-order chi connectivity index (χ0) is 36.5. The van der Waals surface area contributed by atoms with E-state index in [1.165, 1.54) is 7.11 Å². The van der Waals surface area contributed by atoms with Gasteiger partial charge in [0, 0.05) is 13.1 Å². The molecule has 272 valence electrons. The van der Waals surface area contributed by atoms with Crippen LogP contribution in [0.15, 0.2) is 91.3 Å². The first-order chi connectivity index (χ1) is 25.8. The lowest BCUT2D eigenvalue weighted by atomic mass is 9.86. The van der Waals surface area contributed by atoms with E-state index in [9.17, 15) is 14.4 Å². The quantitative estimate of drug-likeness (QED) is 0.156. The lowest BCUT2D eigenvalue weighted by molar-refractivity contribution is -0.169. The summed E-state index contributed by atoms with van der Waals surface area (Å²) in [5.41, 5.74) is 6.23. The number of hydrogen-bond acceptors (Lipinski definition) is 7. The van der Waals surface area contributed by atoms with E-state index in [4.69, 9.17) is 19.4 Å². The van der Waals surface area contributed by atoms with Crippen LogP contribution in [0.3, 0.4) is 0 Å². The molecule has 2 aromatic heterocycles. The standard InChI is InChI=1S/C41H43N7O5/c1-41(24-53-25-41)39(50)48-21-7-11-34(48)37-43-23-32(45-37)29-18-14-27(15-19-29)26-12-16-28(17-13-26)31-22-42-36(44-31)33-10-6-20-47(33)38(49)35(46-40(51)52-2)30-8-4-3-5-9-30/h3-5,8-9,12-19,22-23,33-35H,6-7,10-11,20-21,24-25H2,1-2H3,(H,42,44)(H,43,45)(H,46,51)/t33?,34?,35-/m1/s1. The minimum Gasteiger partial charge on any atom is -0.453 e. The summed E-state index contributed by atoms with van der Waals surface area (Å²) in [6, 6.07) is 24.7. The Morgan fingerprint density at radius 2 is 1.28 bits per heavy atom. The van der Waals surface area contributed by atoms with E-state index in [0.29, 0.717) is 31.1 Å². The van der Waals surface area contributed by atoms with Gasteiger partial charge in [-0.05, 0) is 60.4 Å². The van der Waals surface area contributed by atoms with Crippen LogP contribution in [0.25, 0.3) is 33.6 Å². The Kier molecular flexibility index (Phi) is 9.30. The monoisotopic (exact) mass is 713 g/mol. The van der Waals surface area contributed by atoms with Crippen molar-refractivity contribution >= 4 is 17.9 Å². The van der Waals surface area contributed by atoms with Crippen LogP contribution >= 0.6 is 0 Å². The first-order valence-electron chi connectivity index (χ1n) is 18.2. The number of aromatic amines is 2. The highest BCUT2D eigenvalue weighted by Crippen LogP contribution is 2.38. The van der Waals surface area contributed by atoms with Gasteiger partial charge >= 0.3 is 6.09 Å². The number of aromatic nitrogens is 4. The molecule has 0 radical (unpaired) electrons. The van der Waals surface area contributed by atoms with Gasteiger partial charge in [-0.15, -0.1) is 0 Å². The number of rotatable bonds is 9. The number of nitrogens with zero attached hydrogens (tertiary/aromatic N) is 4. The molecule has 3 saturated heterocycles. The van der Waals surface area contributed by atoms with Gasteiger partial charge in [0.1, 0.15) is 17.7 Å². The Morgan fingerprint density at radius 1 is 0.774 bits per heavy atom. The minimum absolute atomic E-state index is 0.0423. The van der Waals surface area contributed by atoms with Gasteiger partial charge in [-0.25, -0.2) is 14.8 Å². The average Bonchev–Trinajstić information content (AvgIpc) is 4.03. The van der Waals surface area contributed by atoms with Gasteiger partial charge in [-0.3, -0.25) is 9.59 Å². The Bertz CT molecular complexity index is 2090. The number of likely N-dealkylation sites (tertiary alicyclic amines) is 2. The van der Waals surface area contributed by atoms with Crippen LogP contribution < -0.4 is 5.32 Å². The molecular weight excluding hydrogens is 670 g/mol. The van der Waals surface area contributed by atoms with E-state index < -0.39 is 17.6 Å². The highest BCUT2D eigenvalue weighted by Gasteiger charge is 2.47. The number of methoxy groups -OCH3 is 1. The number of carbonyl (C=O) groups excluding carboxylic acids is 3. The van der Waals surface area contributed by atoms with Crippen molar-refractivity contribution in [3.05, 3.63) is 108 Å². The fourth-order valence-electron chi connectivity index (χ4n) is 7.75. The van der Waals surface area contributed by atoms with E-state index in [1.54, 1.807) is 4.90 Å². The molecule has 8 rings (SSSR count). The van der Waals surface area contributed by atoms with Gasteiger partial charge in [0.25, 0.3) is 5.91 Å². The predicted octanol–water partition coefficient (Wildman–Crippen LogP) is 6.59. The van der Waals surface area contributed by atoms with Crippen molar-refractivity contribution in [1.82, 2.24) is 35.1 Å². The molecule has 3 aromatic carbocycles. The highest BCUT2D eigenvalue weighted by atomic mass is 16.5. The molecule has 3 aliphatic heterocycles. The first kappa shape index (κ1) is 34.3. The summed E-state index contributed by atoms with van der Waals surface area (Å²) in [6.07, 6.45) is 6.46. The largest absolute Gasteiger partial charge is 0.453 e. The fourth-order valence-corrected chi connectivity index (χ4v) is 7.75. The molecule has 3 amide bonds. The van der Waals surface area contributed by atoms with Crippen LogP contribution in [0.5, 0.6) is 0 Å². The van der Waals surface area contributed by atoms with Crippen LogP contribution in [0.1, 0.15) is 67.9 Å². The molecule has 0 spiro atoms. The van der Waals surface area contributed by atoms with Crippen LogP contribution in [0, 0.1) is 5.41 Å². The number of imidazole rings is 2. The van der Waals surface area contributed by atoms with Crippen LogP contribution in [0.2, 0.25) is 0 Å². The molecule has 12 nitrogen and oxygen atoms in total. The topological polar surface area (TPSA) is 146 Å². The number of ether oxygens (including phenoxy) is 2. The van der Waals surface area contributed by atoms with Gasteiger partial charge in [0.2, 0.25) is 5.91 Å². The maximum atomic E-state index is 13.9. The summed E-state index contributed by atoms with van der Waals surface area (Å²) in [7, 11) is 1.29. The third-order valence-corrected chi connectivity index (χ3v) is 10.8. The molecular formula is C41H43N7O5. The number of H-pyrrole nitrogens is 2. The van der Waals surface area contributed by atoms with Crippen molar-refractivity contribution in [3.8, 4) is 33.6 Å². The predicted molar refractivity (Wildman–Crippen MR) is 198 cm³/mol. The van der Waals surface area contributed by atoms with E-state index >= 15 is 0 Å². The normalized spacial score (nSPS) is 19.8. The third-order valence-electron chi connectivity index (χ3n) is 10.8. The Hall–Kier alpha value is -5.75. The fraction of sp³-hybridized carbons (Fsp3) is 0.341. The summed E-state index contributed by atoms with van der Waals surface area (Å²) in [6.45, 7) is 4.26. The van der Waals surface area contributed by atoms with E-state index in [0.717, 1.165) is 71.7 Å². The van der Waals surface area contributed by atoms with Crippen molar-refractivity contribution < 1.29 is 23.9 Å². The summed E-state index contributed by atoms with van der Waals surface area (Å²) < 4.78 is 10.2. The Balaban J connectivity index is 0.933. The maximum absolute atomic E-state index is 13.9. The lowest BCUT2D eigenvalue weighted by Crippen LogP contribution is -2.53. The molecule has 3 N–H and O–H groups in total. The van der Waals surface area contributed by atoms with Gasteiger partial charge in [-0.2, -0.15) is 0 Å². The van der Waals surface area contributed by atoms with Gasteiger partial charge in [0.05, 0.1) is 61.6 Å². The molecule has 0 saturated carbocycles. The molecule has 5 heterocycles. The van der Waals surface area contributed by atoms with Crippen LogP contribution in [0.4, 0.5) is 4.79 Å². The molecule has 53 heavy (non-hydrogen) atoms. The van der Waals surface area contributed by atoms with Crippen LogP contribution in [-0.2, 0) is 19.1 Å². The average molecular weight is 714 g/mol. The van der Waals surface area contributed by atoms with E-state index in [1.807, 2.05) is 54.5 Å². The molecule has 2 unspecified atom stereocenters. The van der Waals surface area contributed by atoms with Gasteiger partial charge in [0.15, 0.2) is 0 Å². The Morgan fingerprint density at radius 3 is 1.79 bits per heavy atom. The summed E-state index contributed by atoms with van der Waals surface area (Å²) >= 11 is 0. The van der Waals surface area contributed by atoms with Crippen molar-refractivity contribution in [2.45, 2.75) is 50.7 Å². The van der Waals surface area contributed by atoms with Gasteiger partial charge in [-0.1, -0.05) is 78.9 Å².